The van der Waals surface area contributed by atoms with E-state index < -0.39 is 0 Å². The minimum absolute atomic E-state index is 0. The van der Waals surface area contributed by atoms with Crippen LogP contribution in [-0.2, 0) is 0 Å². The van der Waals surface area contributed by atoms with Crippen molar-refractivity contribution in [3.63, 3.8) is 0 Å². The zero-order valence-electron chi connectivity index (χ0n) is 5.39. The summed E-state index contributed by atoms with van der Waals surface area (Å²) < 4.78 is 0. The molecule has 0 radical (unpaired) electrons. The summed E-state index contributed by atoms with van der Waals surface area (Å²) in [5.41, 5.74) is 7.51. The van der Waals surface area contributed by atoms with E-state index in [9.17, 15) is 0 Å². The van der Waals surface area contributed by atoms with Gasteiger partial charge in [0.1, 0.15) is 0 Å². The number of nitrogen functional groups attached to an aromatic ring is 1. The molecule has 0 unspecified atom stereocenters. The van der Waals surface area contributed by atoms with Crippen LogP contribution in [0, 0.1) is 6.92 Å². The highest BCUT2D eigenvalue weighted by Crippen LogP contribution is 2.03. The summed E-state index contributed by atoms with van der Waals surface area (Å²) in [6.07, 6.45) is 0. The Bertz CT molecular complexity index is 169. The number of anilines is 1. The number of hydrogen-bond acceptors (Lipinski definition) is 1. The quantitative estimate of drug-likeness (QED) is 0.511. The van der Waals surface area contributed by atoms with Crippen LogP contribution in [0.1, 0.15) is 5.56 Å². The fraction of sp³-hybridized carbons (Fsp3) is 0.143. The Morgan fingerprint density at radius 1 is 1.33 bits per heavy atom. The molecule has 4 N–H and O–H groups in total. The van der Waals surface area contributed by atoms with Crippen molar-refractivity contribution in [1.29, 1.82) is 0 Å². The summed E-state index contributed by atoms with van der Waals surface area (Å²) in [7, 11) is 0. The van der Waals surface area contributed by atoms with Gasteiger partial charge in [0.05, 0.1) is 0 Å². The molecule has 2 heteroatoms. The highest BCUT2D eigenvalue weighted by atomic mass is 16.0. The average Bonchev–Trinajstić information content (AvgIpc) is 1.64. The van der Waals surface area contributed by atoms with Crippen molar-refractivity contribution in [3.8, 4) is 0 Å². The first-order valence-electron chi connectivity index (χ1n) is 2.61. The lowest BCUT2D eigenvalue weighted by Gasteiger charge is -1.91. The minimum Gasteiger partial charge on any atom is -0.412 e. The van der Waals surface area contributed by atoms with Crippen LogP contribution in [-0.4, -0.2) is 5.48 Å². The Morgan fingerprint density at radius 2 is 2.00 bits per heavy atom. The van der Waals surface area contributed by atoms with E-state index in [0.717, 1.165) is 5.69 Å². The van der Waals surface area contributed by atoms with Gasteiger partial charge in [-0.25, -0.2) is 0 Å². The van der Waals surface area contributed by atoms with Gasteiger partial charge in [-0.05, 0) is 24.6 Å². The number of nitrogens with two attached hydrogens (primary N) is 1. The first-order valence-corrected chi connectivity index (χ1v) is 2.61. The molecule has 0 spiro atoms. The summed E-state index contributed by atoms with van der Waals surface area (Å²) in [6, 6.07) is 7.80. The van der Waals surface area contributed by atoms with Crippen molar-refractivity contribution in [2.45, 2.75) is 6.92 Å². The second kappa shape index (κ2) is 3.10. The van der Waals surface area contributed by atoms with Gasteiger partial charge in [0.25, 0.3) is 0 Å². The van der Waals surface area contributed by atoms with Crippen LogP contribution in [0.5, 0.6) is 0 Å². The van der Waals surface area contributed by atoms with E-state index in [1.807, 2.05) is 31.2 Å². The lowest BCUT2D eigenvalue weighted by Crippen LogP contribution is -1.82. The SMILES string of the molecule is Cc1cccc(N)c1.O. The fourth-order valence-electron chi connectivity index (χ4n) is 0.670. The molecule has 1 aromatic rings. The second-order valence-electron chi connectivity index (χ2n) is 1.91. The third kappa shape index (κ3) is 2.15. The fourth-order valence-corrected chi connectivity index (χ4v) is 0.670. The Labute approximate surface area is 54.6 Å². The normalized spacial score (nSPS) is 8.11. The number of aryl methyl sites for hydroxylation is 1. The molecule has 0 aliphatic heterocycles. The van der Waals surface area contributed by atoms with Gasteiger partial charge in [0.15, 0.2) is 0 Å². The largest absolute Gasteiger partial charge is 0.412 e. The van der Waals surface area contributed by atoms with Gasteiger partial charge in [-0.2, -0.15) is 0 Å². The van der Waals surface area contributed by atoms with E-state index in [0.29, 0.717) is 0 Å². The van der Waals surface area contributed by atoms with E-state index in [1.54, 1.807) is 0 Å². The third-order valence-corrected chi connectivity index (χ3v) is 1.04. The number of hydrogen-bond donors (Lipinski definition) is 1. The van der Waals surface area contributed by atoms with Crippen LogP contribution in [0.2, 0.25) is 0 Å². The summed E-state index contributed by atoms with van der Waals surface area (Å²) in [5, 5.41) is 0. The highest BCUT2D eigenvalue weighted by molar-refractivity contribution is 5.39. The average molecular weight is 125 g/mol. The standard InChI is InChI=1S/C7H9N.H2O/c1-6-3-2-4-7(8)5-6;/h2-5H,8H2,1H3;1H2. The molecule has 0 bridgehead atoms. The molecule has 1 aromatic carbocycles. The van der Waals surface area contributed by atoms with Crippen molar-refractivity contribution in [2.75, 3.05) is 5.73 Å². The second-order valence-corrected chi connectivity index (χ2v) is 1.91. The Balaban J connectivity index is 0.000000640. The summed E-state index contributed by atoms with van der Waals surface area (Å²) >= 11 is 0. The molecule has 0 fully saturated rings. The predicted octanol–water partition coefficient (Wildman–Crippen LogP) is 0.753. The van der Waals surface area contributed by atoms with E-state index >= 15 is 0 Å². The number of rotatable bonds is 0. The lowest BCUT2D eigenvalue weighted by atomic mass is 10.2. The maximum absolute atomic E-state index is 5.46. The van der Waals surface area contributed by atoms with Crippen LogP contribution >= 0.6 is 0 Å². The molecule has 0 aliphatic carbocycles. The van der Waals surface area contributed by atoms with Gasteiger partial charge < -0.3 is 11.2 Å². The van der Waals surface area contributed by atoms with Crippen LogP contribution in [0.25, 0.3) is 0 Å². The molecule has 0 aromatic heterocycles. The van der Waals surface area contributed by atoms with E-state index in [-0.39, 0.29) is 5.48 Å². The van der Waals surface area contributed by atoms with Gasteiger partial charge in [-0.3, -0.25) is 0 Å². The summed E-state index contributed by atoms with van der Waals surface area (Å²) in [6.45, 7) is 2.02. The zero-order chi connectivity index (χ0) is 5.98. The third-order valence-electron chi connectivity index (χ3n) is 1.04. The molecule has 0 heterocycles. The molecule has 0 aliphatic rings. The molecule has 0 atom stereocenters. The molecular weight excluding hydrogens is 114 g/mol. The Hall–Kier alpha value is -1.02. The van der Waals surface area contributed by atoms with Crippen LogP contribution in [0.4, 0.5) is 5.69 Å². The first kappa shape index (κ1) is 7.98. The van der Waals surface area contributed by atoms with Crippen LogP contribution < -0.4 is 5.73 Å². The zero-order valence-corrected chi connectivity index (χ0v) is 5.39. The summed E-state index contributed by atoms with van der Waals surface area (Å²) in [4.78, 5) is 0. The van der Waals surface area contributed by atoms with Gasteiger partial charge >= 0.3 is 0 Å². The first-order chi connectivity index (χ1) is 3.79. The molecule has 0 saturated heterocycles. The molecule has 9 heavy (non-hydrogen) atoms. The molecule has 0 amide bonds. The van der Waals surface area contributed by atoms with E-state index in [2.05, 4.69) is 0 Å². The maximum Gasteiger partial charge on any atom is 0.0316 e. The maximum atomic E-state index is 5.46. The molecule has 1 rings (SSSR count). The number of benzene rings is 1. The van der Waals surface area contributed by atoms with Crippen molar-refractivity contribution < 1.29 is 5.48 Å². The molecule has 50 valence electrons. The van der Waals surface area contributed by atoms with Crippen molar-refractivity contribution in [1.82, 2.24) is 0 Å². The van der Waals surface area contributed by atoms with Crippen molar-refractivity contribution in [3.05, 3.63) is 29.8 Å². The van der Waals surface area contributed by atoms with Crippen molar-refractivity contribution >= 4 is 5.69 Å². The molecule has 2 nitrogen and oxygen atoms in total. The Morgan fingerprint density at radius 3 is 2.33 bits per heavy atom. The predicted molar refractivity (Wildman–Crippen MR) is 39.2 cm³/mol. The van der Waals surface area contributed by atoms with E-state index in [1.165, 1.54) is 5.56 Å². The van der Waals surface area contributed by atoms with Crippen molar-refractivity contribution in [2.24, 2.45) is 0 Å². The molecule has 0 saturated carbocycles. The molecular formula is C7H11NO. The van der Waals surface area contributed by atoms with Gasteiger partial charge in [-0.15, -0.1) is 0 Å². The summed E-state index contributed by atoms with van der Waals surface area (Å²) in [5.74, 6) is 0. The van der Waals surface area contributed by atoms with Crippen LogP contribution in [0.3, 0.4) is 0 Å². The smallest absolute Gasteiger partial charge is 0.0316 e. The van der Waals surface area contributed by atoms with Gasteiger partial charge in [0.2, 0.25) is 0 Å². The van der Waals surface area contributed by atoms with Crippen LogP contribution in [0.15, 0.2) is 24.3 Å². The Kier molecular flexibility index (Phi) is 2.74. The minimum atomic E-state index is 0. The van der Waals surface area contributed by atoms with Gasteiger partial charge in [-0.1, -0.05) is 12.1 Å². The van der Waals surface area contributed by atoms with E-state index in [4.69, 9.17) is 5.73 Å². The van der Waals surface area contributed by atoms with Gasteiger partial charge in [0, 0.05) is 5.69 Å². The highest BCUT2D eigenvalue weighted by Gasteiger charge is 1.81. The monoisotopic (exact) mass is 125 g/mol. The topological polar surface area (TPSA) is 57.5 Å². The lowest BCUT2D eigenvalue weighted by molar-refractivity contribution is 0.824.